The van der Waals surface area contributed by atoms with Gasteiger partial charge in [-0.15, -0.1) is 0 Å². The zero-order valence-electron chi connectivity index (χ0n) is 12.1. The smallest absolute Gasteiger partial charge is 0.160 e. The minimum atomic E-state index is 0.163. The standard InChI is InChI=1S/C15H21N3O2/c1-11(12-4-5-13(19)14(10-12)20-3)16-7-6-15-17-8-9-18(15)2/h4-5,8-11,16,19H,6-7H2,1-3H3. The second-order valence-corrected chi connectivity index (χ2v) is 4.81. The Hall–Kier alpha value is -2.01. The van der Waals surface area contributed by atoms with Gasteiger partial charge in [0.15, 0.2) is 11.5 Å². The molecule has 0 aliphatic rings. The van der Waals surface area contributed by atoms with Gasteiger partial charge >= 0.3 is 0 Å². The van der Waals surface area contributed by atoms with Crippen LogP contribution in [0.15, 0.2) is 30.6 Å². The van der Waals surface area contributed by atoms with Crippen LogP contribution in [0.3, 0.4) is 0 Å². The third-order valence-corrected chi connectivity index (χ3v) is 3.42. The lowest BCUT2D eigenvalue weighted by atomic mass is 10.1. The Morgan fingerprint density at radius 1 is 1.45 bits per heavy atom. The van der Waals surface area contributed by atoms with Crippen LogP contribution >= 0.6 is 0 Å². The van der Waals surface area contributed by atoms with Crippen molar-refractivity contribution in [2.75, 3.05) is 13.7 Å². The highest BCUT2D eigenvalue weighted by Gasteiger charge is 2.09. The van der Waals surface area contributed by atoms with Gasteiger partial charge in [-0.05, 0) is 24.6 Å². The highest BCUT2D eigenvalue weighted by molar-refractivity contribution is 5.42. The first-order valence-electron chi connectivity index (χ1n) is 6.68. The molecule has 1 atom stereocenters. The third kappa shape index (κ3) is 3.30. The van der Waals surface area contributed by atoms with E-state index < -0.39 is 0 Å². The predicted molar refractivity (Wildman–Crippen MR) is 78.0 cm³/mol. The zero-order chi connectivity index (χ0) is 14.5. The fourth-order valence-corrected chi connectivity index (χ4v) is 2.12. The summed E-state index contributed by atoms with van der Waals surface area (Å²) in [6, 6.07) is 5.60. The van der Waals surface area contributed by atoms with Crippen LogP contribution in [-0.4, -0.2) is 28.3 Å². The topological polar surface area (TPSA) is 59.3 Å². The Labute approximate surface area is 119 Å². The summed E-state index contributed by atoms with van der Waals surface area (Å²) in [5.41, 5.74) is 1.08. The van der Waals surface area contributed by atoms with E-state index in [0.29, 0.717) is 5.75 Å². The number of imidazole rings is 1. The summed E-state index contributed by atoms with van der Waals surface area (Å²) < 4.78 is 7.15. The first-order valence-corrected chi connectivity index (χ1v) is 6.68. The van der Waals surface area contributed by atoms with E-state index in [1.54, 1.807) is 13.2 Å². The molecule has 0 amide bonds. The molecule has 0 aliphatic carbocycles. The van der Waals surface area contributed by atoms with E-state index in [1.807, 2.05) is 36.1 Å². The summed E-state index contributed by atoms with van der Waals surface area (Å²) in [5, 5.41) is 13.0. The summed E-state index contributed by atoms with van der Waals surface area (Å²) in [6.07, 6.45) is 4.64. The lowest BCUT2D eigenvalue weighted by Crippen LogP contribution is -2.22. The molecular formula is C15H21N3O2. The number of nitrogens with one attached hydrogen (secondary N) is 1. The third-order valence-electron chi connectivity index (χ3n) is 3.42. The van der Waals surface area contributed by atoms with Gasteiger partial charge in [-0.25, -0.2) is 4.98 Å². The molecule has 0 fully saturated rings. The van der Waals surface area contributed by atoms with E-state index in [-0.39, 0.29) is 11.8 Å². The molecule has 0 aliphatic heterocycles. The Bertz CT molecular complexity index is 566. The van der Waals surface area contributed by atoms with E-state index in [9.17, 15) is 5.11 Å². The van der Waals surface area contributed by atoms with Crippen molar-refractivity contribution in [2.45, 2.75) is 19.4 Å². The number of hydrogen-bond donors (Lipinski definition) is 2. The fraction of sp³-hybridized carbons (Fsp3) is 0.400. The molecule has 108 valence electrons. The Balaban J connectivity index is 1.91. The molecule has 1 aromatic carbocycles. The number of benzene rings is 1. The molecule has 0 saturated heterocycles. The molecule has 0 radical (unpaired) electrons. The number of phenols is 1. The van der Waals surface area contributed by atoms with Crippen LogP contribution in [0.5, 0.6) is 11.5 Å². The normalized spacial score (nSPS) is 12.3. The Kier molecular flexibility index (Phi) is 4.63. The summed E-state index contributed by atoms with van der Waals surface area (Å²) >= 11 is 0. The lowest BCUT2D eigenvalue weighted by Gasteiger charge is -2.15. The lowest BCUT2D eigenvalue weighted by molar-refractivity contribution is 0.372. The molecular weight excluding hydrogens is 254 g/mol. The number of aromatic nitrogens is 2. The molecule has 5 nitrogen and oxygen atoms in total. The van der Waals surface area contributed by atoms with E-state index in [0.717, 1.165) is 24.4 Å². The van der Waals surface area contributed by atoms with Gasteiger partial charge in [0.25, 0.3) is 0 Å². The second kappa shape index (κ2) is 6.43. The molecule has 2 aromatic rings. The van der Waals surface area contributed by atoms with E-state index >= 15 is 0 Å². The maximum atomic E-state index is 9.59. The van der Waals surface area contributed by atoms with Crippen molar-refractivity contribution >= 4 is 0 Å². The van der Waals surface area contributed by atoms with Crippen molar-refractivity contribution < 1.29 is 9.84 Å². The quantitative estimate of drug-likeness (QED) is 0.847. The van der Waals surface area contributed by atoms with Gasteiger partial charge in [0.1, 0.15) is 5.82 Å². The Morgan fingerprint density at radius 3 is 2.90 bits per heavy atom. The molecule has 20 heavy (non-hydrogen) atoms. The van der Waals surface area contributed by atoms with Crippen LogP contribution in [0.4, 0.5) is 0 Å². The van der Waals surface area contributed by atoms with Crippen LogP contribution in [-0.2, 0) is 13.5 Å². The molecule has 1 heterocycles. The van der Waals surface area contributed by atoms with Crippen molar-refractivity contribution in [1.29, 1.82) is 0 Å². The molecule has 5 heteroatoms. The molecule has 1 unspecified atom stereocenters. The molecule has 0 bridgehead atoms. The van der Waals surface area contributed by atoms with Crippen LogP contribution in [0, 0.1) is 0 Å². The molecule has 2 N–H and O–H groups in total. The summed E-state index contributed by atoms with van der Waals surface area (Å²) in [4.78, 5) is 4.29. The van der Waals surface area contributed by atoms with Crippen LogP contribution in [0.1, 0.15) is 24.4 Å². The SMILES string of the molecule is COc1cc(C(C)NCCc2nccn2C)ccc1O. The number of methoxy groups -OCH3 is 1. The number of phenolic OH excluding ortho intramolecular Hbond substituents is 1. The number of aromatic hydroxyl groups is 1. The summed E-state index contributed by atoms with van der Waals surface area (Å²) in [7, 11) is 3.55. The van der Waals surface area contributed by atoms with Gasteiger partial charge in [-0.1, -0.05) is 6.07 Å². The molecule has 1 aromatic heterocycles. The van der Waals surface area contributed by atoms with Gasteiger partial charge in [0.2, 0.25) is 0 Å². The van der Waals surface area contributed by atoms with Gasteiger partial charge < -0.3 is 19.7 Å². The summed E-state index contributed by atoms with van der Waals surface area (Å²) in [5.74, 6) is 1.73. The maximum Gasteiger partial charge on any atom is 0.160 e. The Morgan fingerprint density at radius 2 is 2.25 bits per heavy atom. The minimum Gasteiger partial charge on any atom is -0.504 e. The van der Waals surface area contributed by atoms with Gasteiger partial charge in [0, 0.05) is 38.4 Å². The number of rotatable bonds is 6. The molecule has 0 saturated carbocycles. The molecule has 2 rings (SSSR count). The number of hydrogen-bond acceptors (Lipinski definition) is 4. The molecule has 0 spiro atoms. The number of nitrogens with zero attached hydrogens (tertiary/aromatic N) is 2. The van der Waals surface area contributed by atoms with Crippen molar-refractivity contribution in [3.05, 3.63) is 42.0 Å². The average Bonchev–Trinajstić information content (AvgIpc) is 2.85. The first-order chi connectivity index (χ1) is 9.61. The summed E-state index contributed by atoms with van der Waals surface area (Å²) in [6.45, 7) is 2.93. The van der Waals surface area contributed by atoms with Crippen molar-refractivity contribution in [1.82, 2.24) is 14.9 Å². The zero-order valence-corrected chi connectivity index (χ0v) is 12.1. The number of aryl methyl sites for hydroxylation is 1. The van der Waals surface area contributed by atoms with Gasteiger partial charge in [-0.3, -0.25) is 0 Å². The van der Waals surface area contributed by atoms with E-state index in [1.165, 1.54) is 0 Å². The van der Waals surface area contributed by atoms with Crippen molar-refractivity contribution in [2.24, 2.45) is 7.05 Å². The van der Waals surface area contributed by atoms with Crippen molar-refractivity contribution in [3.63, 3.8) is 0 Å². The van der Waals surface area contributed by atoms with Crippen LogP contribution < -0.4 is 10.1 Å². The largest absolute Gasteiger partial charge is 0.504 e. The monoisotopic (exact) mass is 275 g/mol. The van der Waals surface area contributed by atoms with Crippen molar-refractivity contribution in [3.8, 4) is 11.5 Å². The first kappa shape index (κ1) is 14.4. The van der Waals surface area contributed by atoms with Gasteiger partial charge in [-0.2, -0.15) is 0 Å². The highest BCUT2D eigenvalue weighted by Crippen LogP contribution is 2.28. The average molecular weight is 275 g/mol. The van der Waals surface area contributed by atoms with Crippen LogP contribution in [0.2, 0.25) is 0 Å². The van der Waals surface area contributed by atoms with Crippen LogP contribution in [0.25, 0.3) is 0 Å². The number of ether oxygens (including phenoxy) is 1. The minimum absolute atomic E-state index is 0.163. The van der Waals surface area contributed by atoms with E-state index in [4.69, 9.17) is 4.74 Å². The van der Waals surface area contributed by atoms with E-state index in [2.05, 4.69) is 17.2 Å². The fourth-order valence-electron chi connectivity index (χ4n) is 2.12. The highest BCUT2D eigenvalue weighted by atomic mass is 16.5. The predicted octanol–water partition coefficient (Wildman–Crippen LogP) is 2.03. The second-order valence-electron chi connectivity index (χ2n) is 4.81. The maximum absolute atomic E-state index is 9.59. The van der Waals surface area contributed by atoms with Gasteiger partial charge in [0.05, 0.1) is 7.11 Å².